The third-order valence-electron chi connectivity index (χ3n) is 0. The van der Waals surface area contributed by atoms with Gasteiger partial charge in [0.2, 0.25) is 0 Å². The fourth-order valence-corrected chi connectivity index (χ4v) is 0. The van der Waals surface area contributed by atoms with E-state index in [2.05, 4.69) is 0 Å². The summed E-state index contributed by atoms with van der Waals surface area (Å²) in [6.07, 6.45) is 0. The molecule has 4 N–H and O–H groups in total. The molecule has 0 saturated carbocycles. The summed E-state index contributed by atoms with van der Waals surface area (Å²) in [4.78, 5) is 34.3. The van der Waals surface area contributed by atoms with Gasteiger partial charge in [0.25, 0.3) is 0 Å². The van der Waals surface area contributed by atoms with Gasteiger partial charge < -0.3 is 39.2 Å². The second-order valence-corrected chi connectivity index (χ2v) is 1.50. The molecule has 0 saturated heterocycles. The van der Waals surface area contributed by atoms with E-state index in [1.165, 1.54) is 0 Å². The molecule has 0 bridgehead atoms. The summed E-state index contributed by atoms with van der Waals surface area (Å²) >= 11 is 0. The Kier molecular flexibility index (Phi) is 42.5. The largest absolute Gasteiger partial charge is 3.00 e. The van der Waals surface area contributed by atoms with Crippen LogP contribution in [-0.4, -0.2) is 37.4 Å². The summed E-state index contributed by atoms with van der Waals surface area (Å²) in [6.45, 7) is 0. The third kappa shape index (κ3) is 235. The van der Waals surface area contributed by atoms with E-state index < -0.39 is 9.05 Å². The Morgan fingerprint density at radius 1 is 0.778 bits per heavy atom. The van der Waals surface area contributed by atoms with Gasteiger partial charge in [-0.15, -0.1) is 0 Å². The summed E-state index contributed by atoms with van der Waals surface area (Å²) in [5.41, 5.74) is 0. The molecule has 9 heteroatoms. The molecule has 48 valence electrons. The van der Waals surface area contributed by atoms with Crippen molar-refractivity contribution < 1.29 is 59.7 Å². The predicted molar refractivity (Wildman–Crippen MR) is 18.7 cm³/mol. The number of hydrogen-bond acceptors (Lipinski definition) is 4. The van der Waals surface area contributed by atoms with Gasteiger partial charge in [-0.1, -0.05) is 0 Å². The Morgan fingerprint density at radius 2 is 0.778 bits per heavy atom. The fourth-order valence-electron chi connectivity index (χ4n) is 0. The van der Waals surface area contributed by atoms with Gasteiger partial charge in [0, 0.05) is 0 Å². The van der Waals surface area contributed by atoms with E-state index in [0.717, 1.165) is 0 Å². The molecule has 0 aliphatic heterocycles. The van der Waals surface area contributed by atoms with E-state index in [-0.39, 0.29) is 57.9 Å². The van der Waals surface area contributed by atoms with Crippen LogP contribution in [0.25, 0.3) is 0 Å². The molecule has 0 spiro atoms. The Morgan fingerprint density at radius 3 is 0.778 bits per heavy atom. The molecule has 0 aliphatic carbocycles. The van der Waals surface area contributed by atoms with Crippen LogP contribution in [0.1, 0.15) is 0 Å². The maximum absolute atomic E-state index is 8.58. The molecule has 0 aromatic carbocycles. The van der Waals surface area contributed by atoms with Gasteiger partial charge >= 0.3 is 46.9 Å². The molecule has 0 aromatic heterocycles. The van der Waals surface area contributed by atoms with Crippen LogP contribution in [0, 0.1) is 0 Å². The topological polar surface area (TPSA) is 155 Å². The fraction of sp³-hybridized carbons (Fsp3) is 0. The van der Waals surface area contributed by atoms with Gasteiger partial charge in [-0.3, -0.25) is 0 Å². The second-order valence-electron chi connectivity index (χ2n) is 0.500. The summed E-state index contributed by atoms with van der Waals surface area (Å²) in [6, 6.07) is 0. The van der Waals surface area contributed by atoms with Crippen LogP contribution in [0.4, 0.5) is 0 Å². The SMILES string of the molecule is O.O.[Al+3].[Na+].[O-][Si]([O-])([O-])[O-]. The zero-order valence-electron chi connectivity index (χ0n) is 4.71. The van der Waals surface area contributed by atoms with Crippen molar-refractivity contribution in [1.29, 1.82) is 0 Å². The van der Waals surface area contributed by atoms with Crippen molar-refractivity contribution in [2.24, 2.45) is 0 Å². The average molecular weight is 178 g/mol. The first-order chi connectivity index (χ1) is 2.00. The van der Waals surface area contributed by atoms with Crippen molar-refractivity contribution in [3.8, 4) is 0 Å². The van der Waals surface area contributed by atoms with Crippen LogP contribution in [0.5, 0.6) is 0 Å². The molecule has 0 unspecified atom stereocenters. The normalized spacial score (nSPS) is 6.67. The van der Waals surface area contributed by atoms with Crippen molar-refractivity contribution in [2.75, 3.05) is 0 Å². The van der Waals surface area contributed by atoms with E-state index in [1.54, 1.807) is 0 Å². The van der Waals surface area contributed by atoms with E-state index in [0.29, 0.717) is 0 Å². The first-order valence-electron chi connectivity index (χ1n) is 0.816. The van der Waals surface area contributed by atoms with Crippen LogP contribution >= 0.6 is 0 Å². The van der Waals surface area contributed by atoms with E-state index in [4.69, 9.17) is 19.2 Å². The van der Waals surface area contributed by atoms with Gasteiger partial charge in [-0.2, -0.15) is 0 Å². The van der Waals surface area contributed by atoms with E-state index >= 15 is 0 Å². The molecule has 0 amide bonds. The van der Waals surface area contributed by atoms with Crippen molar-refractivity contribution in [3.63, 3.8) is 0 Å². The second kappa shape index (κ2) is 12.2. The zero-order chi connectivity index (χ0) is 4.50. The van der Waals surface area contributed by atoms with Crippen LogP contribution in [0.15, 0.2) is 0 Å². The first kappa shape index (κ1) is 31.3. The van der Waals surface area contributed by atoms with Crippen molar-refractivity contribution in [1.82, 2.24) is 0 Å². The molecule has 6 nitrogen and oxygen atoms in total. The van der Waals surface area contributed by atoms with Gasteiger partial charge in [0.1, 0.15) is 0 Å². The minimum absolute atomic E-state index is 0. The van der Waals surface area contributed by atoms with Gasteiger partial charge in [0.15, 0.2) is 0 Å². The average Bonchev–Trinajstić information content (AvgIpc) is 0.722. The Hall–Kier alpha value is 1.51. The van der Waals surface area contributed by atoms with Gasteiger partial charge in [-0.25, -0.2) is 0 Å². The van der Waals surface area contributed by atoms with Crippen LogP contribution in [0.3, 0.4) is 0 Å². The minimum atomic E-state index is -5.61. The number of hydrogen-bond donors (Lipinski definition) is 0. The third-order valence-corrected chi connectivity index (χ3v) is 0. The maximum atomic E-state index is 8.58. The molecule has 0 fully saturated rings. The van der Waals surface area contributed by atoms with Crippen LogP contribution in [-0.2, 0) is 0 Å². The van der Waals surface area contributed by atoms with Gasteiger partial charge in [-0.05, 0) is 0 Å². The van der Waals surface area contributed by atoms with Crippen LogP contribution < -0.4 is 48.7 Å². The summed E-state index contributed by atoms with van der Waals surface area (Å²) < 4.78 is 0. The summed E-state index contributed by atoms with van der Waals surface area (Å²) in [5, 5.41) is 0. The molecule has 0 atom stereocenters. The molecule has 9 heavy (non-hydrogen) atoms. The Balaban J connectivity index is -0.0000000133. The van der Waals surface area contributed by atoms with E-state index in [9.17, 15) is 0 Å². The molecule has 0 heterocycles. The summed E-state index contributed by atoms with van der Waals surface area (Å²) in [5.74, 6) is 0. The molecule has 0 aromatic rings. The monoisotopic (exact) mass is 178 g/mol. The predicted octanol–water partition coefficient (Wildman–Crippen LogP) is -10.2. The minimum Gasteiger partial charge on any atom is -0.894 e. The smallest absolute Gasteiger partial charge is 0.894 e. The first-order valence-corrected chi connectivity index (χ1v) is 2.45. The Labute approximate surface area is 85.7 Å². The quantitative estimate of drug-likeness (QED) is 0.337. The van der Waals surface area contributed by atoms with Crippen molar-refractivity contribution in [2.45, 2.75) is 0 Å². The maximum Gasteiger partial charge on any atom is 3.00 e. The van der Waals surface area contributed by atoms with Crippen LogP contribution in [0.2, 0.25) is 0 Å². The van der Waals surface area contributed by atoms with Gasteiger partial charge in [0.05, 0.1) is 0 Å². The van der Waals surface area contributed by atoms with E-state index in [1.807, 2.05) is 0 Å². The molecule has 0 radical (unpaired) electrons. The number of rotatable bonds is 0. The molecular weight excluding hydrogens is 174 g/mol. The van der Waals surface area contributed by atoms with Crippen molar-refractivity contribution in [3.05, 3.63) is 0 Å². The molecular formula is H4AlNaO6Si. The summed E-state index contributed by atoms with van der Waals surface area (Å²) in [7, 11) is -5.61. The molecule has 0 rings (SSSR count). The van der Waals surface area contributed by atoms with Crippen molar-refractivity contribution >= 4 is 26.4 Å². The Bertz CT molecular complexity index is 28.5. The molecule has 0 aliphatic rings. The standard InChI is InChI=1S/Al.Na.O4Si.2H2O/c;;1-5(2,3)4;;/h;;;2*1H2/q+3;+1;-4;;. The zero-order valence-corrected chi connectivity index (χ0v) is 8.87.